The minimum atomic E-state index is 0.192. The van der Waals surface area contributed by atoms with Crippen molar-refractivity contribution in [1.82, 2.24) is 15.1 Å². The third kappa shape index (κ3) is 4.00. The van der Waals surface area contributed by atoms with Gasteiger partial charge in [-0.3, -0.25) is 4.90 Å². The van der Waals surface area contributed by atoms with E-state index in [1.165, 1.54) is 37.7 Å². The number of carbonyl (C=O) groups is 1. The summed E-state index contributed by atoms with van der Waals surface area (Å²) in [6.07, 6.45) is 8.88. The number of piperidine rings is 1. The molecular formula is C21H31N3O. The van der Waals surface area contributed by atoms with Gasteiger partial charge in [-0.25, -0.2) is 4.79 Å². The highest BCUT2D eigenvalue weighted by Crippen LogP contribution is 2.30. The molecule has 1 aromatic rings. The van der Waals surface area contributed by atoms with Gasteiger partial charge in [0.05, 0.1) is 6.04 Å². The zero-order valence-corrected chi connectivity index (χ0v) is 15.2. The number of benzene rings is 1. The molecule has 2 heterocycles. The highest BCUT2D eigenvalue weighted by atomic mass is 16.2. The Hall–Kier alpha value is -1.55. The van der Waals surface area contributed by atoms with E-state index in [1.54, 1.807) is 0 Å². The molecule has 1 saturated carbocycles. The Kier molecular flexibility index (Phi) is 5.25. The third-order valence-corrected chi connectivity index (χ3v) is 6.43. The van der Waals surface area contributed by atoms with E-state index in [1.807, 2.05) is 0 Å². The number of amides is 2. The van der Waals surface area contributed by atoms with Crippen LogP contribution in [0.4, 0.5) is 4.79 Å². The van der Waals surface area contributed by atoms with Crippen molar-refractivity contribution >= 4 is 6.03 Å². The number of hydrogen-bond acceptors (Lipinski definition) is 2. The van der Waals surface area contributed by atoms with Crippen molar-refractivity contribution in [3.8, 4) is 0 Å². The Morgan fingerprint density at radius 3 is 2.40 bits per heavy atom. The second-order valence-corrected chi connectivity index (χ2v) is 8.10. The molecule has 1 aliphatic carbocycles. The lowest BCUT2D eigenvalue weighted by Crippen LogP contribution is -2.45. The van der Waals surface area contributed by atoms with Crippen LogP contribution in [0.3, 0.4) is 0 Å². The fraction of sp³-hybridized carbons (Fsp3) is 0.667. The number of urea groups is 1. The summed E-state index contributed by atoms with van der Waals surface area (Å²) in [5, 5.41) is 3.30. The molecule has 1 N–H and O–H groups in total. The van der Waals surface area contributed by atoms with Gasteiger partial charge in [0.25, 0.3) is 0 Å². The van der Waals surface area contributed by atoms with Crippen molar-refractivity contribution in [2.45, 2.75) is 63.6 Å². The van der Waals surface area contributed by atoms with Gasteiger partial charge in [0.1, 0.15) is 0 Å². The van der Waals surface area contributed by atoms with Crippen LogP contribution in [0.5, 0.6) is 0 Å². The van der Waals surface area contributed by atoms with Crippen LogP contribution in [0.1, 0.15) is 50.5 Å². The van der Waals surface area contributed by atoms with Crippen LogP contribution in [0.2, 0.25) is 0 Å². The number of nitrogens with zero attached hydrogens (tertiary/aromatic N) is 2. The van der Waals surface area contributed by atoms with Gasteiger partial charge in [0.15, 0.2) is 0 Å². The van der Waals surface area contributed by atoms with E-state index in [2.05, 4.69) is 45.4 Å². The summed E-state index contributed by atoms with van der Waals surface area (Å²) in [5.74, 6) is 0.709. The van der Waals surface area contributed by atoms with Gasteiger partial charge in [0.2, 0.25) is 0 Å². The lowest BCUT2D eigenvalue weighted by molar-refractivity contribution is 0.128. The van der Waals surface area contributed by atoms with Crippen molar-refractivity contribution in [3.05, 3.63) is 35.9 Å². The SMILES string of the molecule is O=C1N[C@H](C2CCCCC2)CN1C1CCN(Cc2ccccc2)CC1. The molecule has 4 nitrogen and oxygen atoms in total. The summed E-state index contributed by atoms with van der Waals surface area (Å²) in [6.45, 7) is 4.16. The predicted octanol–water partition coefficient (Wildman–Crippen LogP) is 3.63. The summed E-state index contributed by atoms with van der Waals surface area (Å²) >= 11 is 0. The molecule has 3 aliphatic rings. The molecule has 0 unspecified atom stereocenters. The molecule has 25 heavy (non-hydrogen) atoms. The average Bonchev–Trinajstić information content (AvgIpc) is 3.06. The Balaban J connectivity index is 1.28. The predicted molar refractivity (Wildman–Crippen MR) is 100 cm³/mol. The lowest BCUT2D eigenvalue weighted by Gasteiger charge is -2.36. The monoisotopic (exact) mass is 341 g/mol. The van der Waals surface area contributed by atoms with E-state index in [4.69, 9.17) is 0 Å². The molecule has 1 aromatic carbocycles. The van der Waals surface area contributed by atoms with Crippen molar-refractivity contribution in [2.24, 2.45) is 5.92 Å². The van der Waals surface area contributed by atoms with Gasteiger partial charge in [-0.2, -0.15) is 0 Å². The largest absolute Gasteiger partial charge is 0.333 e. The summed E-state index contributed by atoms with van der Waals surface area (Å²) in [5.41, 5.74) is 1.39. The number of likely N-dealkylation sites (tertiary alicyclic amines) is 1. The van der Waals surface area contributed by atoms with Crippen LogP contribution < -0.4 is 5.32 Å². The smallest absolute Gasteiger partial charge is 0.318 e. The highest BCUT2D eigenvalue weighted by molar-refractivity contribution is 5.77. The van der Waals surface area contributed by atoms with Gasteiger partial charge >= 0.3 is 6.03 Å². The van der Waals surface area contributed by atoms with Gasteiger partial charge < -0.3 is 10.2 Å². The first kappa shape index (κ1) is 16.9. The summed E-state index contributed by atoms with van der Waals surface area (Å²) in [6, 6.07) is 11.7. The molecule has 4 heteroatoms. The maximum absolute atomic E-state index is 12.5. The van der Waals surface area contributed by atoms with E-state index in [9.17, 15) is 4.79 Å². The molecule has 3 fully saturated rings. The van der Waals surface area contributed by atoms with Gasteiger partial charge in [-0.05, 0) is 37.2 Å². The Labute approximate surface area is 151 Å². The maximum Gasteiger partial charge on any atom is 0.318 e. The first-order valence-electron chi connectivity index (χ1n) is 10.1. The van der Waals surface area contributed by atoms with Crippen LogP contribution in [-0.4, -0.2) is 47.5 Å². The quantitative estimate of drug-likeness (QED) is 0.908. The first-order valence-corrected chi connectivity index (χ1v) is 10.1. The second-order valence-electron chi connectivity index (χ2n) is 8.10. The molecule has 0 bridgehead atoms. The fourth-order valence-electron chi connectivity index (χ4n) is 4.93. The first-order chi connectivity index (χ1) is 12.3. The zero-order valence-electron chi connectivity index (χ0n) is 15.2. The number of hydrogen-bond donors (Lipinski definition) is 1. The molecule has 2 amide bonds. The average molecular weight is 341 g/mol. The van der Waals surface area contributed by atoms with Crippen molar-refractivity contribution < 1.29 is 4.79 Å². The van der Waals surface area contributed by atoms with Crippen LogP contribution in [-0.2, 0) is 6.54 Å². The molecule has 0 aromatic heterocycles. The van der Waals surface area contributed by atoms with E-state index in [0.29, 0.717) is 18.0 Å². The van der Waals surface area contributed by atoms with Crippen molar-refractivity contribution in [2.75, 3.05) is 19.6 Å². The van der Waals surface area contributed by atoms with Crippen LogP contribution in [0.25, 0.3) is 0 Å². The maximum atomic E-state index is 12.5. The normalized spacial score (nSPS) is 26.8. The van der Waals surface area contributed by atoms with Crippen molar-refractivity contribution in [3.63, 3.8) is 0 Å². The van der Waals surface area contributed by atoms with E-state index in [-0.39, 0.29) is 6.03 Å². The molecular weight excluding hydrogens is 310 g/mol. The van der Waals surface area contributed by atoms with E-state index < -0.39 is 0 Å². The zero-order chi connectivity index (χ0) is 17.1. The second kappa shape index (κ2) is 7.77. The topological polar surface area (TPSA) is 35.6 Å². The lowest BCUT2D eigenvalue weighted by atomic mass is 9.84. The van der Waals surface area contributed by atoms with Gasteiger partial charge in [0, 0.05) is 32.2 Å². The van der Waals surface area contributed by atoms with Crippen LogP contribution in [0, 0.1) is 5.92 Å². The summed E-state index contributed by atoms with van der Waals surface area (Å²) in [4.78, 5) is 17.2. The van der Waals surface area contributed by atoms with Crippen LogP contribution in [0.15, 0.2) is 30.3 Å². The summed E-state index contributed by atoms with van der Waals surface area (Å²) < 4.78 is 0. The third-order valence-electron chi connectivity index (χ3n) is 6.43. The number of carbonyl (C=O) groups excluding carboxylic acids is 1. The van der Waals surface area contributed by atoms with E-state index in [0.717, 1.165) is 39.0 Å². The van der Waals surface area contributed by atoms with Gasteiger partial charge in [-0.15, -0.1) is 0 Å². The minimum absolute atomic E-state index is 0.192. The van der Waals surface area contributed by atoms with Gasteiger partial charge in [-0.1, -0.05) is 49.6 Å². The Morgan fingerprint density at radius 1 is 0.960 bits per heavy atom. The molecule has 0 radical (unpaired) electrons. The highest BCUT2D eigenvalue weighted by Gasteiger charge is 2.38. The molecule has 0 spiro atoms. The molecule has 136 valence electrons. The fourth-order valence-corrected chi connectivity index (χ4v) is 4.93. The number of rotatable bonds is 4. The number of nitrogens with one attached hydrogen (secondary N) is 1. The minimum Gasteiger partial charge on any atom is -0.333 e. The van der Waals surface area contributed by atoms with E-state index >= 15 is 0 Å². The Morgan fingerprint density at radius 2 is 1.68 bits per heavy atom. The molecule has 4 rings (SSSR count). The molecule has 1 atom stereocenters. The van der Waals surface area contributed by atoms with Crippen molar-refractivity contribution in [1.29, 1.82) is 0 Å². The van der Waals surface area contributed by atoms with Crippen LogP contribution >= 0.6 is 0 Å². The Bertz CT molecular complexity index is 562. The summed E-state index contributed by atoms with van der Waals surface area (Å²) in [7, 11) is 0. The molecule has 2 aliphatic heterocycles. The standard InChI is InChI=1S/C21H31N3O/c25-21-22-20(18-9-5-2-6-10-18)16-24(21)19-11-13-23(14-12-19)15-17-7-3-1-4-8-17/h1,3-4,7-8,18-20H,2,5-6,9-16H2,(H,22,25)/t20-/m0/s1. The molecule has 2 saturated heterocycles.